The SMILES string of the molecule is CC1(C(=O)OC(C)(C)C(O)(C(F)(F)F)C(F)(F)F)CC2C=CC1C2. The number of carbonyl (C=O) groups excluding carboxylic acids is 1. The Morgan fingerprint density at radius 3 is 1.96 bits per heavy atom. The molecule has 0 spiro atoms. The van der Waals surface area contributed by atoms with Crippen LogP contribution in [0.3, 0.4) is 0 Å². The standard InChI is InChI=1S/C15H18F6O3/c1-11(2,13(23,14(16,17)18)15(19,20)21)24-10(22)12(3)7-8-4-5-9(12)6-8/h4-5,8-9,23H,6-7H2,1-3H3. The maximum absolute atomic E-state index is 13.0. The molecule has 1 fully saturated rings. The highest BCUT2D eigenvalue weighted by Crippen LogP contribution is 2.55. The van der Waals surface area contributed by atoms with Gasteiger partial charge in [-0.25, -0.2) is 0 Å². The molecule has 3 nitrogen and oxygen atoms in total. The van der Waals surface area contributed by atoms with Crippen LogP contribution in [0.5, 0.6) is 0 Å². The van der Waals surface area contributed by atoms with E-state index in [-0.39, 0.29) is 11.8 Å². The van der Waals surface area contributed by atoms with Crippen LogP contribution < -0.4 is 0 Å². The van der Waals surface area contributed by atoms with Crippen molar-refractivity contribution < 1.29 is 41.0 Å². The average Bonchev–Trinajstić information content (AvgIpc) is 2.94. The molecule has 2 rings (SSSR count). The van der Waals surface area contributed by atoms with E-state index in [1.807, 2.05) is 6.08 Å². The van der Waals surface area contributed by atoms with E-state index in [0.29, 0.717) is 26.7 Å². The van der Waals surface area contributed by atoms with Crippen LogP contribution in [0, 0.1) is 17.3 Å². The Labute approximate surface area is 134 Å². The molecule has 9 heteroatoms. The van der Waals surface area contributed by atoms with Gasteiger partial charge in [-0.3, -0.25) is 4.79 Å². The zero-order valence-corrected chi connectivity index (χ0v) is 13.3. The van der Waals surface area contributed by atoms with Crippen LogP contribution in [0.25, 0.3) is 0 Å². The molecule has 0 amide bonds. The summed E-state index contributed by atoms with van der Waals surface area (Å²) in [6, 6.07) is 0. The first kappa shape index (κ1) is 19.1. The molecule has 2 aliphatic rings. The van der Waals surface area contributed by atoms with Crippen LogP contribution in [0.1, 0.15) is 33.6 Å². The number of esters is 1. The quantitative estimate of drug-likeness (QED) is 0.474. The van der Waals surface area contributed by atoms with Crippen LogP contribution in [0.2, 0.25) is 0 Å². The zero-order chi connectivity index (χ0) is 18.8. The molecule has 24 heavy (non-hydrogen) atoms. The van der Waals surface area contributed by atoms with Crippen LogP contribution >= 0.6 is 0 Å². The number of aliphatic hydroxyl groups is 1. The zero-order valence-electron chi connectivity index (χ0n) is 13.3. The van der Waals surface area contributed by atoms with Crippen molar-refractivity contribution in [2.75, 3.05) is 0 Å². The summed E-state index contributed by atoms with van der Waals surface area (Å²) in [5, 5.41) is 9.48. The second-order valence-electron chi connectivity index (χ2n) is 7.21. The van der Waals surface area contributed by atoms with Crippen LogP contribution in [0.15, 0.2) is 12.2 Å². The predicted octanol–water partition coefficient (Wildman–Crippen LogP) is 3.77. The number of fused-ring (bicyclic) bond motifs is 2. The minimum atomic E-state index is -6.06. The Balaban J connectivity index is 2.32. The lowest BCUT2D eigenvalue weighted by Gasteiger charge is -2.44. The second-order valence-corrected chi connectivity index (χ2v) is 7.21. The third-order valence-electron chi connectivity index (χ3n) is 5.18. The number of allylic oxidation sites excluding steroid dienone is 2. The van der Waals surface area contributed by atoms with Crippen molar-refractivity contribution >= 4 is 5.97 Å². The van der Waals surface area contributed by atoms with Gasteiger partial charge in [0.1, 0.15) is 0 Å². The molecule has 0 radical (unpaired) electrons. The van der Waals surface area contributed by atoms with E-state index in [1.54, 1.807) is 6.08 Å². The first-order valence-corrected chi connectivity index (χ1v) is 7.34. The molecule has 2 aliphatic carbocycles. The van der Waals surface area contributed by atoms with E-state index in [1.165, 1.54) is 6.92 Å². The fraction of sp³-hybridized carbons (Fsp3) is 0.800. The van der Waals surface area contributed by atoms with Gasteiger partial charge in [0.2, 0.25) is 0 Å². The summed E-state index contributed by atoms with van der Waals surface area (Å²) >= 11 is 0. The Bertz CT molecular complexity index is 549. The Hall–Kier alpha value is -1.25. The number of hydrogen-bond acceptors (Lipinski definition) is 3. The first-order chi connectivity index (χ1) is 10.6. The summed E-state index contributed by atoms with van der Waals surface area (Å²) in [5.74, 6) is -1.41. The maximum Gasteiger partial charge on any atom is 0.430 e. The van der Waals surface area contributed by atoms with Crippen molar-refractivity contribution in [3.63, 3.8) is 0 Å². The molecule has 3 atom stereocenters. The van der Waals surface area contributed by atoms with Crippen LogP contribution in [-0.4, -0.2) is 34.6 Å². The molecule has 0 aromatic heterocycles. The van der Waals surface area contributed by atoms with Crippen molar-refractivity contribution in [2.24, 2.45) is 17.3 Å². The molecular formula is C15H18F6O3. The fourth-order valence-electron chi connectivity index (χ4n) is 3.59. The van der Waals surface area contributed by atoms with Gasteiger partial charge in [0, 0.05) is 0 Å². The van der Waals surface area contributed by atoms with E-state index in [9.17, 15) is 36.2 Å². The van der Waals surface area contributed by atoms with Crippen LogP contribution in [-0.2, 0) is 9.53 Å². The lowest BCUT2D eigenvalue weighted by Crippen LogP contribution is -2.70. The van der Waals surface area contributed by atoms with Gasteiger partial charge in [0.25, 0.3) is 5.60 Å². The minimum Gasteiger partial charge on any atom is -0.455 e. The fourth-order valence-corrected chi connectivity index (χ4v) is 3.59. The molecule has 2 bridgehead atoms. The molecule has 3 unspecified atom stereocenters. The molecule has 0 heterocycles. The van der Waals surface area contributed by atoms with Crippen molar-refractivity contribution in [3.05, 3.63) is 12.2 Å². The number of ether oxygens (including phenoxy) is 1. The summed E-state index contributed by atoms with van der Waals surface area (Å²) in [5.41, 5.74) is -9.61. The number of hydrogen-bond donors (Lipinski definition) is 1. The third kappa shape index (κ3) is 2.51. The predicted molar refractivity (Wildman–Crippen MR) is 70.7 cm³/mol. The first-order valence-electron chi connectivity index (χ1n) is 7.34. The number of alkyl halides is 6. The molecule has 1 saturated carbocycles. The van der Waals surface area contributed by atoms with E-state index < -0.39 is 34.9 Å². The summed E-state index contributed by atoms with van der Waals surface area (Å²) in [6.45, 7) is 2.29. The average molecular weight is 360 g/mol. The largest absolute Gasteiger partial charge is 0.455 e. The van der Waals surface area contributed by atoms with E-state index in [4.69, 9.17) is 0 Å². The molecule has 1 N–H and O–H groups in total. The number of carbonyl (C=O) groups is 1. The van der Waals surface area contributed by atoms with E-state index in [0.717, 1.165) is 0 Å². The topological polar surface area (TPSA) is 46.5 Å². The normalized spacial score (nSPS) is 30.8. The Morgan fingerprint density at radius 2 is 1.62 bits per heavy atom. The summed E-state index contributed by atoms with van der Waals surface area (Å²) in [7, 11) is 0. The van der Waals surface area contributed by atoms with Gasteiger partial charge in [-0.2, -0.15) is 26.3 Å². The Morgan fingerprint density at radius 1 is 1.12 bits per heavy atom. The summed E-state index contributed by atoms with van der Waals surface area (Å²) in [4.78, 5) is 12.4. The van der Waals surface area contributed by atoms with Gasteiger partial charge in [0.15, 0.2) is 5.60 Å². The monoisotopic (exact) mass is 360 g/mol. The number of rotatable bonds is 3. The van der Waals surface area contributed by atoms with Gasteiger partial charge in [-0.1, -0.05) is 12.2 Å². The molecule has 138 valence electrons. The smallest absolute Gasteiger partial charge is 0.430 e. The van der Waals surface area contributed by atoms with Gasteiger partial charge in [0.05, 0.1) is 5.41 Å². The minimum absolute atomic E-state index is 0.0554. The molecular weight excluding hydrogens is 342 g/mol. The summed E-state index contributed by atoms with van der Waals surface area (Å²) in [6.07, 6.45) is -7.64. The third-order valence-corrected chi connectivity index (χ3v) is 5.18. The van der Waals surface area contributed by atoms with E-state index >= 15 is 0 Å². The highest BCUT2D eigenvalue weighted by Gasteiger charge is 2.79. The maximum atomic E-state index is 13.0. The summed E-state index contributed by atoms with van der Waals surface area (Å²) < 4.78 is 82.6. The highest BCUT2D eigenvalue weighted by molar-refractivity contribution is 5.78. The van der Waals surface area contributed by atoms with Gasteiger partial charge in [-0.05, 0) is 45.4 Å². The Kier molecular flexibility index (Phi) is 4.07. The van der Waals surface area contributed by atoms with Crippen molar-refractivity contribution in [1.82, 2.24) is 0 Å². The van der Waals surface area contributed by atoms with Crippen molar-refractivity contribution in [3.8, 4) is 0 Å². The van der Waals surface area contributed by atoms with Crippen LogP contribution in [0.4, 0.5) is 26.3 Å². The molecule has 0 aromatic carbocycles. The lowest BCUT2D eigenvalue weighted by atomic mass is 9.77. The second kappa shape index (κ2) is 5.12. The lowest BCUT2D eigenvalue weighted by molar-refractivity contribution is -0.408. The molecule has 0 aromatic rings. The van der Waals surface area contributed by atoms with Crippen molar-refractivity contribution in [1.29, 1.82) is 0 Å². The van der Waals surface area contributed by atoms with Gasteiger partial charge >= 0.3 is 18.3 Å². The van der Waals surface area contributed by atoms with Gasteiger partial charge < -0.3 is 9.84 Å². The number of halogens is 6. The highest BCUT2D eigenvalue weighted by atomic mass is 19.4. The van der Waals surface area contributed by atoms with Crippen molar-refractivity contribution in [2.45, 2.75) is 57.2 Å². The van der Waals surface area contributed by atoms with Gasteiger partial charge in [-0.15, -0.1) is 0 Å². The molecule has 0 aliphatic heterocycles. The molecule has 0 saturated heterocycles. The van der Waals surface area contributed by atoms with E-state index in [2.05, 4.69) is 4.74 Å².